The van der Waals surface area contributed by atoms with Gasteiger partial charge in [0.05, 0.1) is 25.4 Å². The zero-order chi connectivity index (χ0) is 68.3. The Kier molecular flexibility index (Phi) is 40.8. The minimum Gasteiger partial charge on any atom is -0.394 e. The molecule has 2 fully saturated rings. The fraction of sp³-hybridized carbons (Fsp3) is 0.662. The lowest BCUT2D eigenvalue weighted by Gasteiger charge is -2.48. The summed E-state index contributed by atoms with van der Waals surface area (Å²) in [5.74, 6) is -1.35. The van der Waals surface area contributed by atoms with Crippen LogP contribution in [0.25, 0.3) is 0 Å². The van der Waals surface area contributed by atoms with Crippen molar-refractivity contribution in [3.05, 3.63) is 128 Å². The Hall–Kier alpha value is -3.94. The van der Waals surface area contributed by atoms with Crippen molar-refractivity contribution in [2.75, 3.05) is 13.2 Å². The van der Waals surface area contributed by atoms with Gasteiger partial charge in [0.2, 0.25) is 11.8 Å². The zero-order valence-corrected chi connectivity index (χ0v) is 59.6. The summed E-state index contributed by atoms with van der Waals surface area (Å²) in [7, 11) is -10.9. The van der Waals surface area contributed by atoms with E-state index in [1.165, 1.54) is 69.6 Å². The minimum absolute atomic E-state index is 0.455. The van der Waals surface area contributed by atoms with Gasteiger partial charge in [0.1, 0.15) is 36.6 Å². The smallest absolute Gasteiger partial charge is 0.394 e. The SMILES string of the molecule is CC(=O)N[C@H]1[C@@H](OP(=O)(O)OP(=O)(O)OC/C=C(/C)CC/C=C(/C)CC/C=C(/C)CC/C=C(/C)CC/C=C(/C)CC/C=C(/C)CC/C=C(/C)CC/C=C(\C)CC/C=C(\C)CC/C=C(\C)CCC=C(C)C)O[C@H](C)[C@@H](NC(C)=O)[C@@H]1O[C@H]1O[C@H](CO)[C@@H](O)[C@H](O)[C@H]1O. The van der Waals surface area contributed by atoms with Gasteiger partial charge in [-0.15, -0.1) is 0 Å². The number of hydrogen-bond acceptors (Lipinski definition) is 14. The van der Waals surface area contributed by atoms with Crippen LogP contribution in [0.1, 0.15) is 232 Å². The van der Waals surface area contributed by atoms with E-state index in [9.17, 15) is 48.9 Å². The van der Waals surface area contributed by atoms with Crippen LogP contribution in [0.4, 0.5) is 0 Å². The molecule has 0 saturated carbocycles. The van der Waals surface area contributed by atoms with Gasteiger partial charge >= 0.3 is 15.6 Å². The highest BCUT2D eigenvalue weighted by Crippen LogP contribution is 2.61. The number of carbonyl (C=O) groups excluding carboxylic acids is 2. The number of aliphatic hydroxyl groups is 4. The molecule has 2 amide bonds. The van der Waals surface area contributed by atoms with Crippen LogP contribution in [0.5, 0.6) is 0 Å². The van der Waals surface area contributed by atoms with Crippen molar-refractivity contribution >= 4 is 27.5 Å². The summed E-state index contributed by atoms with van der Waals surface area (Å²) in [5, 5.41) is 46.0. The Balaban J connectivity index is 1.72. The fourth-order valence-corrected chi connectivity index (χ4v) is 12.6. The molecule has 2 saturated heterocycles. The van der Waals surface area contributed by atoms with Gasteiger partial charge in [0.15, 0.2) is 12.6 Å². The summed E-state index contributed by atoms with van der Waals surface area (Å²) in [6.07, 6.45) is 32.8. The van der Waals surface area contributed by atoms with Gasteiger partial charge in [0, 0.05) is 13.8 Å². The molecule has 2 heterocycles. The Bertz CT molecular complexity index is 2690. The zero-order valence-electron chi connectivity index (χ0n) is 57.8. The predicted molar refractivity (Wildman–Crippen MR) is 365 cm³/mol. The molecular formula is C71H118N2O16P2. The first kappa shape index (κ1) is 83.2. The largest absolute Gasteiger partial charge is 0.483 e. The van der Waals surface area contributed by atoms with Crippen molar-refractivity contribution in [1.82, 2.24) is 10.6 Å². The molecule has 2 unspecified atom stereocenters. The minimum atomic E-state index is -5.58. The highest BCUT2D eigenvalue weighted by atomic mass is 31.3. The third kappa shape index (κ3) is 37.1. The Morgan fingerprint density at radius 2 is 0.747 bits per heavy atom. The lowest BCUT2D eigenvalue weighted by Crippen LogP contribution is -2.70. The lowest BCUT2D eigenvalue weighted by atomic mass is 9.93. The van der Waals surface area contributed by atoms with Crippen molar-refractivity contribution in [3.63, 3.8) is 0 Å². The lowest BCUT2D eigenvalue weighted by molar-refractivity contribution is -0.328. The van der Waals surface area contributed by atoms with Gasteiger partial charge in [-0.2, -0.15) is 4.31 Å². The molecule has 12 atom stereocenters. The molecule has 91 heavy (non-hydrogen) atoms. The van der Waals surface area contributed by atoms with Gasteiger partial charge in [-0.25, -0.2) is 9.13 Å². The molecule has 0 radical (unpaired) electrons. The molecular weight excluding hydrogens is 1200 g/mol. The molecule has 2 aliphatic heterocycles. The molecule has 0 aromatic carbocycles. The topological polar surface area (TPSA) is 269 Å². The molecule has 20 heteroatoms. The average molecular weight is 1320 g/mol. The number of amides is 2. The van der Waals surface area contributed by atoms with E-state index in [-0.39, 0.29) is 0 Å². The maximum Gasteiger partial charge on any atom is 0.483 e. The summed E-state index contributed by atoms with van der Waals surface area (Å²) in [4.78, 5) is 45.8. The summed E-state index contributed by atoms with van der Waals surface area (Å²) in [6.45, 7) is 28.7. The van der Waals surface area contributed by atoms with E-state index >= 15 is 0 Å². The molecule has 18 nitrogen and oxygen atoms in total. The van der Waals surface area contributed by atoms with Crippen molar-refractivity contribution in [3.8, 4) is 0 Å². The number of phosphoric ester groups is 2. The van der Waals surface area contributed by atoms with Gasteiger partial charge in [-0.05, 0) is 218 Å². The van der Waals surface area contributed by atoms with Gasteiger partial charge in [0.25, 0.3) is 0 Å². The third-order valence-electron chi connectivity index (χ3n) is 16.2. The monoisotopic (exact) mass is 1320 g/mol. The van der Waals surface area contributed by atoms with E-state index in [2.05, 4.69) is 152 Å². The normalized spacial score (nSPS) is 25.3. The number of nitrogens with one attached hydrogen (secondary N) is 2. The van der Waals surface area contributed by atoms with Crippen molar-refractivity contribution in [2.45, 2.75) is 294 Å². The van der Waals surface area contributed by atoms with Crippen LogP contribution in [0.15, 0.2) is 128 Å². The Morgan fingerprint density at radius 1 is 0.429 bits per heavy atom. The second-order valence-corrected chi connectivity index (χ2v) is 28.5. The summed E-state index contributed by atoms with van der Waals surface area (Å²) < 4.78 is 58.1. The van der Waals surface area contributed by atoms with Gasteiger partial charge in [-0.3, -0.25) is 18.6 Å². The Morgan fingerprint density at radius 3 is 1.07 bits per heavy atom. The molecule has 2 rings (SSSR count). The summed E-state index contributed by atoms with van der Waals surface area (Å²) >= 11 is 0. The quantitative estimate of drug-likeness (QED) is 0.0208. The number of carbonyl (C=O) groups is 2. The van der Waals surface area contributed by atoms with E-state index in [1.54, 1.807) is 6.08 Å². The van der Waals surface area contributed by atoms with Crippen molar-refractivity contribution < 1.29 is 76.5 Å². The number of hydrogen-bond donors (Lipinski definition) is 8. The molecule has 0 spiro atoms. The predicted octanol–water partition coefficient (Wildman–Crippen LogP) is 15.4. The van der Waals surface area contributed by atoms with Crippen LogP contribution in [-0.2, 0) is 46.3 Å². The highest BCUT2D eigenvalue weighted by molar-refractivity contribution is 7.61. The first-order valence-corrected chi connectivity index (χ1v) is 35.9. The van der Waals surface area contributed by atoms with Crippen molar-refractivity contribution in [1.29, 1.82) is 0 Å². The maximum absolute atomic E-state index is 13.3. The highest BCUT2D eigenvalue weighted by Gasteiger charge is 2.53. The van der Waals surface area contributed by atoms with Gasteiger partial charge < -0.3 is 55.1 Å². The van der Waals surface area contributed by atoms with E-state index in [0.717, 1.165) is 128 Å². The number of rotatable bonds is 42. The maximum atomic E-state index is 13.3. The first-order chi connectivity index (χ1) is 42.8. The summed E-state index contributed by atoms with van der Waals surface area (Å²) in [6, 6.07) is -2.81. The second kappa shape index (κ2) is 44.7. The van der Waals surface area contributed by atoms with Gasteiger partial charge in [-0.1, -0.05) is 128 Å². The molecule has 2 aliphatic rings. The van der Waals surface area contributed by atoms with Crippen LogP contribution in [-0.4, -0.2) is 117 Å². The second-order valence-electron chi connectivity index (χ2n) is 25.6. The van der Waals surface area contributed by atoms with Crippen LogP contribution in [0.2, 0.25) is 0 Å². The molecule has 0 aromatic heterocycles. The number of ether oxygens (including phenoxy) is 3. The van der Waals surface area contributed by atoms with Crippen LogP contribution < -0.4 is 10.6 Å². The first-order valence-electron chi connectivity index (χ1n) is 32.9. The number of aliphatic hydroxyl groups excluding tert-OH is 4. The van der Waals surface area contributed by atoms with E-state index in [0.29, 0.717) is 12.8 Å². The molecule has 518 valence electrons. The fourth-order valence-electron chi connectivity index (χ4n) is 10.5. The molecule has 0 bridgehead atoms. The molecule has 0 aromatic rings. The van der Waals surface area contributed by atoms with E-state index < -0.39 is 102 Å². The summed E-state index contributed by atoms with van der Waals surface area (Å²) in [5.41, 5.74) is 15.2. The molecule has 8 N–H and O–H groups in total. The van der Waals surface area contributed by atoms with Crippen LogP contribution >= 0.6 is 15.6 Å². The third-order valence-corrected chi connectivity index (χ3v) is 18.8. The molecule has 0 aliphatic carbocycles. The van der Waals surface area contributed by atoms with Crippen LogP contribution in [0.3, 0.4) is 0 Å². The van der Waals surface area contributed by atoms with E-state index in [4.69, 9.17) is 23.3 Å². The Labute approximate surface area is 547 Å². The standard InChI is InChI=1S/C71H118N2O16P2/c1-49(2)26-16-27-50(3)28-17-29-51(4)30-18-31-52(5)32-19-33-53(6)34-20-35-54(7)36-21-37-55(8)38-22-39-56(9)40-23-41-57(10)42-24-43-58(11)44-25-45-59(12)46-47-84-90(80,81)89-91(82,83)88-70-65(73-62(15)76)69(64(60(13)85-70)72-61(14)75)87-71-68(79)67(78)66(77)63(48-74)86-71/h26,28,30,32,34,36,38,40,42,44,46,60,63-71,74,77-79H,16-25,27,29,31,33,35,37,39,41,43,45,47-48H2,1-15H3,(H,72,75)(H,73,76)(H,80,81)(H,82,83)/b50-28+,51-30+,52-32+,53-34-,54-36-,55-38-,56-40-,57-42-,58-44-,59-46-/t60-,63-,64-,65-,66-,67+,68-,69+,70-,71-/m1/s1. The van der Waals surface area contributed by atoms with E-state index in [1.807, 2.05) is 6.92 Å². The average Bonchev–Trinajstić information content (AvgIpc) is 0.792. The van der Waals surface area contributed by atoms with Crippen molar-refractivity contribution in [2.24, 2.45) is 0 Å². The number of allylic oxidation sites excluding steroid dienone is 21. The van der Waals surface area contributed by atoms with Crippen LogP contribution in [0, 0.1) is 0 Å². The number of phosphoric acid groups is 2.